The van der Waals surface area contributed by atoms with Crippen LogP contribution in [0.3, 0.4) is 0 Å². The molecule has 0 fully saturated rings. The quantitative estimate of drug-likeness (QED) is 0.185. The number of pyridine rings is 2. The first-order valence-electron chi connectivity index (χ1n) is 15.2. The molecule has 3 aromatic heterocycles. The minimum absolute atomic E-state index is 0.241. The number of fused-ring (bicyclic) bond motifs is 1. The molecule has 236 valence electrons. The molecular formula is C37H35N7O3. The van der Waals surface area contributed by atoms with Crippen molar-refractivity contribution in [1.82, 2.24) is 19.7 Å². The Balaban J connectivity index is 1.24. The van der Waals surface area contributed by atoms with Gasteiger partial charge < -0.3 is 15.0 Å². The molecule has 0 unspecified atom stereocenters. The van der Waals surface area contributed by atoms with Gasteiger partial charge in [0, 0.05) is 52.9 Å². The highest BCUT2D eigenvalue weighted by molar-refractivity contribution is 6.07. The number of amides is 3. The predicted molar refractivity (Wildman–Crippen MR) is 185 cm³/mol. The average Bonchev–Trinajstić information content (AvgIpc) is 3.50. The number of aryl methyl sites for hydroxylation is 1. The van der Waals surface area contributed by atoms with Gasteiger partial charge in [-0.05, 0) is 49.4 Å². The van der Waals surface area contributed by atoms with Gasteiger partial charge in [0.1, 0.15) is 23.0 Å². The zero-order chi connectivity index (χ0) is 33.1. The van der Waals surface area contributed by atoms with Crippen molar-refractivity contribution in [2.45, 2.75) is 33.1 Å². The molecule has 0 aliphatic heterocycles. The van der Waals surface area contributed by atoms with E-state index >= 15 is 0 Å². The second kappa shape index (κ2) is 12.8. The van der Waals surface area contributed by atoms with Crippen LogP contribution in [0.4, 0.5) is 22.0 Å². The Kier molecular flexibility index (Phi) is 8.41. The maximum atomic E-state index is 13.4. The molecule has 0 saturated carbocycles. The van der Waals surface area contributed by atoms with Gasteiger partial charge in [-0.3, -0.25) is 15.1 Å². The number of urea groups is 1. The van der Waals surface area contributed by atoms with Crippen LogP contribution in [-0.2, 0) is 5.41 Å². The molecular weight excluding hydrogens is 590 g/mol. The Morgan fingerprint density at radius 3 is 2.32 bits per heavy atom. The fourth-order valence-corrected chi connectivity index (χ4v) is 5.06. The minimum atomic E-state index is -0.432. The van der Waals surface area contributed by atoms with E-state index in [2.05, 4.69) is 41.4 Å². The molecule has 10 nitrogen and oxygen atoms in total. The molecule has 0 aliphatic carbocycles. The number of nitrogens with one attached hydrogen (secondary N) is 2. The molecule has 2 N–H and O–H groups in total. The lowest BCUT2D eigenvalue weighted by atomic mass is 9.92. The lowest BCUT2D eigenvalue weighted by Crippen LogP contribution is -2.26. The molecule has 47 heavy (non-hydrogen) atoms. The van der Waals surface area contributed by atoms with Gasteiger partial charge in [0.25, 0.3) is 5.91 Å². The number of benzene rings is 3. The third-order valence-corrected chi connectivity index (χ3v) is 7.57. The topological polar surface area (TPSA) is 114 Å². The van der Waals surface area contributed by atoms with Gasteiger partial charge in [-0.25, -0.2) is 9.78 Å². The zero-order valence-corrected chi connectivity index (χ0v) is 26.9. The SMILES string of the molecule is Cc1cccc(-n2nc(C(C)(C)C)cc2NC(=O)Nc2ccc(Oc3ccnc(C(=O)N(C)c4ccccc4)c3)c3ccccc23)n1. The Morgan fingerprint density at radius 1 is 0.830 bits per heavy atom. The first-order valence-corrected chi connectivity index (χ1v) is 15.2. The second-order valence-electron chi connectivity index (χ2n) is 12.1. The van der Waals surface area contributed by atoms with Crippen LogP contribution in [-0.4, -0.2) is 38.7 Å². The van der Waals surface area contributed by atoms with Gasteiger partial charge in [0.05, 0.1) is 11.4 Å². The van der Waals surface area contributed by atoms with Crippen LogP contribution in [0.25, 0.3) is 16.6 Å². The van der Waals surface area contributed by atoms with Crippen molar-refractivity contribution in [3.8, 4) is 17.3 Å². The van der Waals surface area contributed by atoms with Crippen LogP contribution < -0.4 is 20.3 Å². The van der Waals surface area contributed by atoms with Crippen LogP contribution in [0.5, 0.6) is 11.5 Å². The zero-order valence-electron chi connectivity index (χ0n) is 26.9. The summed E-state index contributed by atoms with van der Waals surface area (Å²) >= 11 is 0. The second-order valence-corrected chi connectivity index (χ2v) is 12.1. The first-order chi connectivity index (χ1) is 22.6. The van der Waals surface area contributed by atoms with Gasteiger partial charge in [0.2, 0.25) is 0 Å². The van der Waals surface area contributed by atoms with E-state index in [-0.39, 0.29) is 17.0 Å². The molecule has 3 heterocycles. The van der Waals surface area contributed by atoms with E-state index in [1.54, 1.807) is 47.1 Å². The molecule has 0 bridgehead atoms. The summed E-state index contributed by atoms with van der Waals surface area (Å²) in [6.45, 7) is 8.11. The average molecular weight is 626 g/mol. The molecule has 3 amide bonds. The first kappa shape index (κ1) is 31.0. The smallest absolute Gasteiger partial charge is 0.324 e. The number of aromatic nitrogens is 4. The Bertz CT molecular complexity index is 2080. The number of rotatable bonds is 7. The highest BCUT2D eigenvalue weighted by Crippen LogP contribution is 2.35. The van der Waals surface area contributed by atoms with E-state index in [0.29, 0.717) is 28.8 Å². The summed E-state index contributed by atoms with van der Waals surface area (Å²) in [4.78, 5) is 37.0. The van der Waals surface area contributed by atoms with E-state index in [9.17, 15) is 9.59 Å². The van der Waals surface area contributed by atoms with Gasteiger partial charge in [0.15, 0.2) is 5.82 Å². The predicted octanol–water partition coefficient (Wildman–Crippen LogP) is 8.13. The molecule has 6 rings (SSSR count). The van der Waals surface area contributed by atoms with Gasteiger partial charge in [-0.1, -0.05) is 69.3 Å². The molecule has 3 aromatic carbocycles. The van der Waals surface area contributed by atoms with E-state index in [1.165, 1.54) is 0 Å². The van der Waals surface area contributed by atoms with Crippen molar-refractivity contribution < 1.29 is 14.3 Å². The molecule has 10 heteroatoms. The van der Waals surface area contributed by atoms with Crippen molar-refractivity contribution in [3.05, 3.63) is 126 Å². The lowest BCUT2D eigenvalue weighted by Gasteiger charge is -2.17. The fourth-order valence-electron chi connectivity index (χ4n) is 5.06. The number of nitrogens with zero attached hydrogens (tertiary/aromatic N) is 5. The monoisotopic (exact) mass is 625 g/mol. The number of carbonyl (C=O) groups is 2. The molecule has 0 aliphatic rings. The number of carbonyl (C=O) groups excluding carboxylic acids is 2. The van der Waals surface area contributed by atoms with Gasteiger partial charge in [-0.2, -0.15) is 9.78 Å². The van der Waals surface area contributed by atoms with Crippen molar-refractivity contribution in [2.24, 2.45) is 0 Å². The number of ether oxygens (including phenoxy) is 1. The van der Waals surface area contributed by atoms with Gasteiger partial charge >= 0.3 is 6.03 Å². The largest absolute Gasteiger partial charge is 0.457 e. The van der Waals surface area contributed by atoms with E-state index in [4.69, 9.17) is 9.84 Å². The highest BCUT2D eigenvalue weighted by atomic mass is 16.5. The number of para-hydroxylation sites is 1. The molecule has 6 aromatic rings. The van der Waals surface area contributed by atoms with Crippen molar-refractivity contribution >= 4 is 39.9 Å². The summed E-state index contributed by atoms with van der Waals surface area (Å²) in [5.74, 6) is 1.87. The van der Waals surface area contributed by atoms with Crippen LogP contribution in [0.1, 0.15) is 42.6 Å². The molecule has 0 atom stereocenters. The van der Waals surface area contributed by atoms with Crippen LogP contribution in [0.2, 0.25) is 0 Å². The summed E-state index contributed by atoms with van der Waals surface area (Å²) in [6.07, 6.45) is 1.55. The number of hydrogen-bond donors (Lipinski definition) is 2. The molecule has 0 radical (unpaired) electrons. The highest BCUT2D eigenvalue weighted by Gasteiger charge is 2.22. The Labute approximate surface area is 273 Å². The number of hydrogen-bond acceptors (Lipinski definition) is 6. The van der Waals surface area contributed by atoms with E-state index < -0.39 is 6.03 Å². The summed E-state index contributed by atoms with van der Waals surface area (Å²) in [5.41, 5.74) is 3.02. The van der Waals surface area contributed by atoms with Crippen molar-refractivity contribution in [1.29, 1.82) is 0 Å². The summed E-state index contributed by atoms with van der Waals surface area (Å²) in [7, 11) is 1.71. The Morgan fingerprint density at radius 2 is 1.57 bits per heavy atom. The van der Waals surface area contributed by atoms with Crippen LogP contribution in [0, 0.1) is 6.92 Å². The third-order valence-electron chi connectivity index (χ3n) is 7.57. The van der Waals surface area contributed by atoms with Crippen LogP contribution in [0.15, 0.2) is 109 Å². The van der Waals surface area contributed by atoms with E-state index in [1.807, 2.05) is 85.8 Å². The minimum Gasteiger partial charge on any atom is -0.457 e. The summed E-state index contributed by atoms with van der Waals surface area (Å²) < 4.78 is 7.92. The Hall–Kier alpha value is -6.03. The van der Waals surface area contributed by atoms with E-state index in [0.717, 1.165) is 27.8 Å². The normalized spacial score (nSPS) is 11.3. The van der Waals surface area contributed by atoms with Crippen LogP contribution >= 0.6 is 0 Å². The van der Waals surface area contributed by atoms with Crippen molar-refractivity contribution in [2.75, 3.05) is 22.6 Å². The number of anilines is 3. The molecule has 0 spiro atoms. The summed E-state index contributed by atoms with van der Waals surface area (Å²) in [5, 5.41) is 12.3. The van der Waals surface area contributed by atoms with Gasteiger partial charge in [-0.15, -0.1) is 0 Å². The maximum absolute atomic E-state index is 13.4. The standard InChI is InChI=1S/C37H35N7O3/c1-24-12-11-17-33(39-24)44-34(23-32(42-44)37(2,3)4)41-36(46)40-29-18-19-31(28-16-10-9-15-27(28)29)47-26-20-21-38-30(22-26)35(45)43(5)25-13-7-6-8-14-25/h6-23H,1-5H3,(H2,40,41,46). The summed E-state index contributed by atoms with van der Waals surface area (Å²) in [6, 6.07) is 31.0. The van der Waals surface area contributed by atoms with Crippen molar-refractivity contribution in [3.63, 3.8) is 0 Å². The maximum Gasteiger partial charge on any atom is 0.324 e. The fraction of sp³-hybridized carbons (Fsp3) is 0.162. The lowest BCUT2D eigenvalue weighted by molar-refractivity contribution is 0.0988. The third kappa shape index (κ3) is 6.81. The molecule has 0 saturated heterocycles.